The molecule has 1 saturated heterocycles. The van der Waals surface area contributed by atoms with Gasteiger partial charge in [0, 0.05) is 13.1 Å². The van der Waals surface area contributed by atoms with Crippen molar-refractivity contribution in [2.75, 3.05) is 33.4 Å². The van der Waals surface area contributed by atoms with Gasteiger partial charge in [0.25, 0.3) is 5.91 Å². The monoisotopic (exact) mass is 430 g/mol. The summed E-state index contributed by atoms with van der Waals surface area (Å²) >= 11 is 0. The third-order valence-electron chi connectivity index (χ3n) is 5.70. The summed E-state index contributed by atoms with van der Waals surface area (Å²) in [6, 6.07) is 12.4. The van der Waals surface area contributed by atoms with Crippen LogP contribution >= 0.6 is 0 Å². The lowest BCUT2D eigenvalue weighted by atomic mass is 9.87. The largest absolute Gasteiger partial charge is 0.496 e. The number of rotatable bonds is 5. The van der Waals surface area contributed by atoms with Crippen molar-refractivity contribution in [3.8, 4) is 5.75 Å². The molecular formula is C22H26N2O5S. The van der Waals surface area contributed by atoms with Crippen LogP contribution in [-0.4, -0.2) is 52.0 Å². The van der Waals surface area contributed by atoms with Gasteiger partial charge in [-0.15, -0.1) is 0 Å². The lowest BCUT2D eigenvalue weighted by Gasteiger charge is -2.27. The molecule has 1 N–H and O–H groups in total. The van der Waals surface area contributed by atoms with Crippen LogP contribution in [0.4, 0.5) is 0 Å². The van der Waals surface area contributed by atoms with Gasteiger partial charge in [-0.1, -0.05) is 24.3 Å². The predicted octanol–water partition coefficient (Wildman–Crippen LogP) is 2.52. The first-order chi connectivity index (χ1) is 14.5. The van der Waals surface area contributed by atoms with Crippen molar-refractivity contribution in [3.63, 3.8) is 0 Å². The van der Waals surface area contributed by atoms with Crippen LogP contribution in [0.25, 0.3) is 0 Å². The lowest BCUT2D eigenvalue weighted by molar-refractivity contribution is 0.0730. The van der Waals surface area contributed by atoms with Crippen LogP contribution in [0.1, 0.15) is 40.4 Å². The molecule has 2 aliphatic rings. The summed E-state index contributed by atoms with van der Waals surface area (Å²) in [6.45, 7) is 1.33. The summed E-state index contributed by atoms with van der Waals surface area (Å²) in [7, 11) is -2.24. The Balaban J connectivity index is 1.62. The first kappa shape index (κ1) is 20.8. The molecule has 0 unspecified atom stereocenters. The minimum atomic E-state index is -3.71. The fourth-order valence-corrected chi connectivity index (χ4v) is 5.54. The standard InChI is InChI=1S/C22H26N2O5S/c1-28-21-10-9-17(30(26,27)24-11-13-29-14-12-24)15-19(21)22(25)23-20-8-4-6-16-5-2-3-7-18(16)20/h2-3,5,7,9-10,15,20H,4,6,8,11-14H2,1H3,(H,23,25)/t20-/m1/s1. The average molecular weight is 431 g/mol. The topological polar surface area (TPSA) is 84.9 Å². The number of benzene rings is 2. The summed E-state index contributed by atoms with van der Waals surface area (Å²) in [5.74, 6) is 0.00472. The number of fused-ring (bicyclic) bond motifs is 1. The third kappa shape index (κ3) is 4.08. The molecule has 1 fully saturated rings. The Bertz CT molecular complexity index is 1030. The molecule has 2 aromatic carbocycles. The maximum absolute atomic E-state index is 13.1. The Morgan fingerprint density at radius 3 is 2.70 bits per heavy atom. The second-order valence-electron chi connectivity index (χ2n) is 7.50. The number of carbonyl (C=O) groups is 1. The van der Waals surface area contributed by atoms with Crippen LogP contribution in [0.5, 0.6) is 5.75 Å². The molecule has 4 rings (SSSR count). The van der Waals surface area contributed by atoms with Gasteiger partial charge in [-0.3, -0.25) is 4.79 Å². The molecule has 2 aromatic rings. The molecule has 1 atom stereocenters. The molecule has 1 amide bonds. The van der Waals surface area contributed by atoms with Crippen LogP contribution in [-0.2, 0) is 21.2 Å². The van der Waals surface area contributed by atoms with E-state index >= 15 is 0 Å². The molecule has 1 heterocycles. The number of ether oxygens (including phenoxy) is 2. The van der Waals surface area contributed by atoms with E-state index in [0.717, 1.165) is 24.8 Å². The van der Waals surface area contributed by atoms with E-state index in [-0.39, 0.29) is 22.4 Å². The van der Waals surface area contributed by atoms with E-state index in [1.165, 1.54) is 35.2 Å². The first-order valence-corrected chi connectivity index (χ1v) is 11.6. The Morgan fingerprint density at radius 2 is 1.93 bits per heavy atom. The second kappa shape index (κ2) is 8.75. The van der Waals surface area contributed by atoms with Gasteiger partial charge in [0.1, 0.15) is 5.75 Å². The van der Waals surface area contributed by atoms with E-state index < -0.39 is 10.0 Å². The van der Waals surface area contributed by atoms with Gasteiger partial charge in [-0.25, -0.2) is 8.42 Å². The minimum Gasteiger partial charge on any atom is -0.496 e. The smallest absolute Gasteiger partial charge is 0.255 e. The van der Waals surface area contributed by atoms with Crippen LogP contribution in [0.2, 0.25) is 0 Å². The van der Waals surface area contributed by atoms with Gasteiger partial charge in [0.15, 0.2) is 0 Å². The van der Waals surface area contributed by atoms with Gasteiger partial charge in [0.05, 0.1) is 36.8 Å². The zero-order valence-corrected chi connectivity index (χ0v) is 17.8. The Kier molecular flexibility index (Phi) is 6.08. The number of nitrogens with one attached hydrogen (secondary N) is 1. The van der Waals surface area contributed by atoms with Crippen molar-refractivity contribution in [1.82, 2.24) is 9.62 Å². The lowest BCUT2D eigenvalue weighted by Crippen LogP contribution is -2.40. The maximum atomic E-state index is 13.1. The number of nitrogens with zero attached hydrogens (tertiary/aromatic N) is 1. The summed E-state index contributed by atoms with van der Waals surface area (Å²) in [5.41, 5.74) is 2.58. The van der Waals surface area contributed by atoms with E-state index in [2.05, 4.69) is 11.4 Å². The van der Waals surface area contributed by atoms with Crippen LogP contribution < -0.4 is 10.1 Å². The number of carbonyl (C=O) groups excluding carboxylic acids is 1. The number of morpholine rings is 1. The van der Waals surface area contributed by atoms with Crippen molar-refractivity contribution in [2.45, 2.75) is 30.2 Å². The maximum Gasteiger partial charge on any atom is 0.255 e. The fraction of sp³-hybridized carbons (Fsp3) is 0.409. The number of sulfonamides is 1. The molecule has 1 aliphatic heterocycles. The van der Waals surface area contributed by atoms with Gasteiger partial charge >= 0.3 is 0 Å². The molecule has 1 aliphatic carbocycles. The highest BCUT2D eigenvalue weighted by molar-refractivity contribution is 7.89. The number of amides is 1. The molecule has 7 nitrogen and oxygen atoms in total. The Morgan fingerprint density at radius 1 is 1.17 bits per heavy atom. The normalized spacial score (nSPS) is 19.7. The van der Waals surface area contributed by atoms with Crippen LogP contribution in [0.3, 0.4) is 0 Å². The molecule has 0 spiro atoms. The zero-order chi connectivity index (χ0) is 21.1. The zero-order valence-electron chi connectivity index (χ0n) is 17.0. The van der Waals surface area contributed by atoms with E-state index in [9.17, 15) is 13.2 Å². The number of methoxy groups -OCH3 is 1. The van der Waals surface area contributed by atoms with E-state index in [1.54, 1.807) is 0 Å². The number of hydrogen-bond acceptors (Lipinski definition) is 5. The summed E-state index contributed by atoms with van der Waals surface area (Å²) in [4.78, 5) is 13.2. The predicted molar refractivity (Wildman–Crippen MR) is 112 cm³/mol. The van der Waals surface area contributed by atoms with Crippen molar-refractivity contribution in [1.29, 1.82) is 0 Å². The third-order valence-corrected chi connectivity index (χ3v) is 7.59. The van der Waals surface area contributed by atoms with Crippen LogP contribution in [0, 0.1) is 0 Å². The highest BCUT2D eigenvalue weighted by Gasteiger charge is 2.29. The quantitative estimate of drug-likeness (QED) is 0.788. The SMILES string of the molecule is COc1ccc(S(=O)(=O)N2CCOCC2)cc1C(=O)N[C@@H]1CCCc2ccccc21. The summed E-state index contributed by atoms with van der Waals surface area (Å²) in [5, 5.41) is 3.08. The van der Waals surface area contributed by atoms with E-state index in [0.29, 0.717) is 32.1 Å². The van der Waals surface area contributed by atoms with E-state index in [4.69, 9.17) is 9.47 Å². The number of hydrogen-bond donors (Lipinski definition) is 1. The fourth-order valence-electron chi connectivity index (χ4n) is 4.10. The van der Waals surface area contributed by atoms with Gasteiger partial charge < -0.3 is 14.8 Å². The van der Waals surface area contributed by atoms with Gasteiger partial charge in [-0.05, 0) is 48.6 Å². The van der Waals surface area contributed by atoms with Crippen molar-refractivity contribution in [2.24, 2.45) is 0 Å². The molecule has 0 radical (unpaired) electrons. The highest BCUT2D eigenvalue weighted by atomic mass is 32.2. The molecule has 0 bridgehead atoms. The van der Waals surface area contributed by atoms with E-state index in [1.807, 2.05) is 18.2 Å². The first-order valence-electron chi connectivity index (χ1n) is 10.2. The molecule has 30 heavy (non-hydrogen) atoms. The average Bonchev–Trinajstić information content (AvgIpc) is 2.79. The molecule has 0 saturated carbocycles. The summed E-state index contributed by atoms with van der Waals surface area (Å²) < 4.78 is 38.0. The van der Waals surface area contributed by atoms with Gasteiger partial charge in [-0.2, -0.15) is 4.31 Å². The van der Waals surface area contributed by atoms with Crippen molar-refractivity contribution >= 4 is 15.9 Å². The number of aryl methyl sites for hydroxylation is 1. The Hall–Kier alpha value is -2.42. The van der Waals surface area contributed by atoms with Crippen molar-refractivity contribution < 1.29 is 22.7 Å². The summed E-state index contributed by atoms with van der Waals surface area (Å²) in [6.07, 6.45) is 2.83. The highest BCUT2D eigenvalue weighted by Crippen LogP contribution is 2.31. The van der Waals surface area contributed by atoms with Crippen molar-refractivity contribution in [3.05, 3.63) is 59.2 Å². The molecule has 160 valence electrons. The second-order valence-corrected chi connectivity index (χ2v) is 9.43. The van der Waals surface area contributed by atoms with Crippen LogP contribution in [0.15, 0.2) is 47.4 Å². The minimum absolute atomic E-state index is 0.0828. The van der Waals surface area contributed by atoms with Gasteiger partial charge in [0.2, 0.25) is 10.0 Å². The molecule has 8 heteroatoms. The Labute approximate surface area is 177 Å². The molecule has 0 aromatic heterocycles. The molecular weight excluding hydrogens is 404 g/mol.